The molecular weight excluding hydrogens is 188 g/mol. The van der Waals surface area contributed by atoms with Crippen LogP contribution in [0.4, 0.5) is 11.8 Å². The Bertz CT molecular complexity index is 326. The molecule has 0 spiro atoms. The van der Waals surface area contributed by atoms with E-state index in [-0.39, 0.29) is 0 Å². The molecule has 0 saturated heterocycles. The molecule has 0 aliphatic heterocycles. The van der Waals surface area contributed by atoms with E-state index in [9.17, 15) is 0 Å². The van der Waals surface area contributed by atoms with Crippen LogP contribution in [-0.2, 0) is 0 Å². The van der Waals surface area contributed by atoms with Crippen LogP contribution < -0.4 is 11.1 Å². The first-order valence-corrected chi connectivity index (χ1v) is 5.59. The normalized spacial score (nSPS) is 26.2. The van der Waals surface area contributed by atoms with Crippen molar-refractivity contribution in [2.45, 2.75) is 38.6 Å². The third-order valence-electron chi connectivity index (χ3n) is 2.95. The van der Waals surface area contributed by atoms with Crippen molar-refractivity contribution in [3.63, 3.8) is 0 Å². The Labute approximate surface area is 90.3 Å². The van der Waals surface area contributed by atoms with E-state index >= 15 is 0 Å². The Morgan fingerprint density at radius 3 is 3.07 bits per heavy atom. The molecule has 1 fully saturated rings. The molecule has 0 bridgehead atoms. The van der Waals surface area contributed by atoms with Gasteiger partial charge in [-0.05, 0) is 24.8 Å². The summed E-state index contributed by atoms with van der Waals surface area (Å²) in [6.07, 6.45) is 6.74. The predicted octanol–water partition coefficient (Wildman–Crippen LogP) is 2.05. The lowest BCUT2D eigenvalue weighted by atomic mass is 9.87. The Kier molecular flexibility index (Phi) is 3.04. The number of nitrogens with zero attached hydrogens (tertiary/aromatic N) is 2. The second-order valence-corrected chi connectivity index (χ2v) is 4.42. The molecule has 1 aliphatic carbocycles. The highest BCUT2D eigenvalue weighted by atomic mass is 15.1. The molecular formula is C11H18N4. The van der Waals surface area contributed by atoms with Gasteiger partial charge in [0.1, 0.15) is 5.82 Å². The lowest BCUT2D eigenvalue weighted by Crippen LogP contribution is -2.27. The molecule has 2 atom stereocenters. The van der Waals surface area contributed by atoms with Crippen LogP contribution in [0.2, 0.25) is 0 Å². The molecule has 0 aromatic carbocycles. The topological polar surface area (TPSA) is 63.8 Å². The van der Waals surface area contributed by atoms with Crippen molar-refractivity contribution in [2.75, 3.05) is 11.1 Å². The summed E-state index contributed by atoms with van der Waals surface area (Å²) in [4.78, 5) is 8.30. The van der Waals surface area contributed by atoms with Gasteiger partial charge in [0, 0.05) is 12.2 Å². The Balaban J connectivity index is 1.96. The minimum atomic E-state index is 0.510. The second kappa shape index (κ2) is 4.47. The van der Waals surface area contributed by atoms with Gasteiger partial charge in [-0.1, -0.05) is 19.8 Å². The quantitative estimate of drug-likeness (QED) is 0.777. The second-order valence-electron chi connectivity index (χ2n) is 4.42. The Morgan fingerprint density at radius 1 is 1.47 bits per heavy atom. The molecule has 1 aromatic heterocycles. The van der Waals surface area contributed by atoms with E-state index in [0.717, 1.165) is 5.92 Å². The SMILES string of the molecule is CC1CCCC(Nc2nccc(N)n2)C1. The fourth-order valence-corrected chi connectivity index (χ4v) is 2.19. The molecule has 1 saturated carbocycles. The van der Waals surface area contributed by atoms with E-state index in [0.29, 0.717) is 17.8 Å². The number of rotatable bonds is 2. The van der Waals surface area contributed by atoms with Crippen LogP contribution >= 0.6 is 0 Å². The van der Waals surface area contributed by atoms with E-state index in [2.05, 4.69) is 22.2 Å². The molecule has 82 valence electrons. The van der Waals surface area contributed by atoms with Gasteiger partial charge in [0.2, 0.25) is 5.95 Å². The molecule has 1 aliphatic rings. The molecule has 15 heavy (non-hydrogen) atoms. The van der Waals surface area contributed by atoms with Crippen LogP contribution in [-0.4, -0.2) is 16.0 Å². The smallest absolute Gasteiger partial charge is 0.224 e. The van der Waals surface area contributed by atoms with Crippen molar-refractivity contribution >= 4 is 11.8 Å². The fourth-order valence-electron chi connectivity index (χ4n) is 2.19. The number of aromatic nitrogens is 2. The number of hydrogen-bond donors (Lipinski definition) is 2. The molecule has 3 N–H and O–H groups in total. The van der Waals surface area contributed by atoms with Gasteiger partial charge >= 0.3 is 0 Å². The van der Waals surface area contributed by atoms with E-state index in [1.807, 2.05) is 0 Å². The summed E-state index contributed by atoms with van der Waals surface area (Å²) in [5.74, 6) is 1.99. The molecule has 2 unspecified atom stereocenters. The predicted molar refractivity (Wildman–Crippen MR) is 61.5 cm³/mol. The highest BCUT2D eigenvalue weighted by Crippen LogP contribution is 2.25. The zero-order chi connectivity index (χ0) is 10.7. The molecule has 1 aromatic rings. The first kappa shape index (κ1) is 10.2. The van der Waals surface area contributed by atoms with Crippen molar-refractivity contribution in [2.24, 2.45) is 5.92 Å². The minimum absolute atomic E-state index is 0.510. The average molecular weight is 206 g/mol. The number of hydrogen-bond acceptors (Lipinski definition) is 4. The summed E-state index contributed by atoms with van der Waals surface area (Å²) < 4.78 is 0. The fraction of sp³-hybridized carbons (Fsp3) is 0.636. The van der Waals surface area contributed by atoms with E-state index < -0.39 is 0 Å². The van der Waals surface area contributed by atoms with Gasteiger partial charge in [-0.2, -0.15) is 4.98 Å². The molecule has 4 nitrogen and oxygen atoms in total. The zero-order valence-corrected chi connectivity index (χ0v) is 9.11. The largest absolute Gasteiger partial charge is 0.384 e. The monoisotopic (exact) mass is 206 g/mol. The Morgan fingerprint density at radius 2 is 2.33 bits per heavy atom. The van der Waals surface area contributed by atoms with Gasteiger partial charge in [0.25, 0.3) is 0 Å². The number of nitrogen functional groups attached to an aromatic ring is 1. The number of nitrogens with two attached hydrogens (primary N) is 1. The zero-order valence-electron chi connectivity index (χ0n) is 9.11. The third kappa shape index (κ3) is 2.81. The highest BCUT2D eigenvalue weighted by Gasteiger charge is 2.19. The summed E-state index contributed by atoms with van der Waals surface area (Å²) in [5.41, 5.74) is 5.60. The first-order valence-electron chi connectivity index (χ1n) is 5.59. The van der Waals surface area contributed by atoms with Gasteiger partial charge in [0.15, 0.2) is 0 Å². The summed E-state index contributed by atoms with van der Waals surface area (Å²) >= 11 is 0. The molecule has 0 radical (unpaired) electrons. The number of nitrogens with one attached hydrogen (secondary N) is 1. The van der Waals surface area contributed by atoms with Crippen LogP contribution in [0.3, 0.4) is 0 Å². The van der Waals surface area contributed by atoms with Crippen molar-refractivity contribution < 1.29 is 0 Å². The van der Waals surface area contributed by atoms with Gasteiger partial charge in [-0.3, -0.25) is 0 Å². The first-order chi connectivity index (χ1) is 7.24. The Hall–Kier alpha value is -1.32. The van der Waals surface area contributed by atoms with E-state index in [1.165, 1.54) is 25.7 Å². The van der Waals surface area contributed by atoms with E-state index in [4.69, 9.17) is 5.73 Å². The standard InChI is InChI=1S/C11H18N4/c1-8-3-2-4-9(7-8)14-11-13-6-5-10(12)15-11/h5-6,8-9H,2-4,7H2,1H3,(H3,12,13,14,15). The number of anilines is 2. The average Bonchev–Trinajstić information content (AvgIpc) is 2.17. The van der Waals surface area contributed by atoms with Gasteiger partial charge < -0.3 is 11.1 Å². The maximum absolute atomic E-state index is 5.60. The summed E-state index contributed by atoms with van der Waals surface area (Å²) in [6.45, 7) is 2.30. The molecule has 2 rings (SSSR count). The lowest BCUT2D eigenvalue weighted by Gasteiger charge is -2.27. The van der Waals surface area contributed by atoms with Gasteiger partial charge in [-0.15, -0.1) is 0 Å². The maximum atomic E-state index is 5.60. The van der Waals surface area contributed by atoms with Crippen molar-refractivity contribution in [3.8, 4) is 0 Å². The highest BCUT2D eigenvalue weighted by molar-refractivity contribution is 5.35. The van der Waals surface area contributed by atoms with Crippen molar-refractivity contribution in [1.29, 1.82) is 0 Å². The van der Waals surface area contributed by atoms with Gasteiger partial charge in [0.05, 0.1) is 0 Å². The maximum Gasteiger partial charge on any atom is 0.224 e. The van der Waals surface area contributed by atoms with Crippen molar-refractivity contribution in [3.05, 3.63) is 12.3 Å². The summed E-state index contributed by atoms with van der Waals surface area (Å²) in [5, 5.41) is 3.35. The van der Waals surface area contributed by atoms with Crippen LogP contribution in [0.15, 0.2) is 12.3 Å². The molecule has 4 heteroatoms. The van der Waals surface area contributed by atoms with Crippen LogP contribution in [0, 0.1) is 5.92 Å². The van der Waals surface area contributed by atoms with Crippen LogP contribution in [0.25, 0.3) is 0 Å². The minimum Gasteiger partial charge on any atom is -0.384 e. The lowest BCUT2D eigenvalue weighted by molar-refractivity contribution is 0.357. The summed E-state index contributed by atoms with van der Waals surface area (Å²) in [6, 6.07) is 2.21. The van der Waals surface area contributed by atoms with Crippen molar-refractivity contribution in [1.82, 2.24) is 9.97 Å². The van der Waals surface area contributed by atoms with Gasteiger partial charge in [-0.25, -0.2) is 4.98 Å². The third-order valence-corrected chi connectivity index (χ3v) is 2.95. The van der Waals surface area contributed by atoms with Crippen LogP contribution in [0.5, 0.6) is 0 Å². The molecule has 0 amide bonds. The van der Waals surface area contributed by atoms with E-state index in [1.54, 1.807) is 12.3 Å². The summed E-state index contributed by atoms with van der Waals surface area (Å²) in [7, 11) is 0. The molecule has 1 heterocycles. The van der Waals surface area contributed by atoms with Crippen LogP contribution in [0.1, 0.15) is 32.6 Å².